The molecular weight excluding hydrogens is 364 g/mol. The third-order valence-electron chi connectivity index (χ3n) is 3.22. The third kappa shape index (κ3) is 6.08. The number of halogens is 2. The van der Waals surface area contributed by atoms with E-state index in [1.807, 2.05) is 48.5 Å². The van der Waals surface area contributed by atoms with Gasteiger partial charge in [0.1, 0.15) is 0 Å². The Morgan fingerprint density at radius 3 is 1.82 bits per heavy atom. The van der Waals surface area contributed by atoms with Gasteiger partial charge in [0, 0.05) is 22.6 Å². The predicted molar refractivity (Wildman–Crippen MR) is 94.4 cm³/mol. The fourth-order valence-electron chi connectivity index (χ4n) is 2.01. The van der Waals surface area contributed by atoms with Crippen molar-refractivity contribution in [2.75, 3.05) is 13.1 Å². The first-order valence-corrected chi connectivity index (χ1v) is 8.31. The molecule has 2 aromatic carbocycles. The lowest BCUT2D eigenvalue weighted by Crippen LogP contribution is -2.37. The first-order chi connectivity index (χ1) is 10.6. The third-order valence-corrected chi connectivity index (χ3v) is 4.01. The summed E-state index contributed by atoms with van der Waals surface area (Å²) in [7, 11) is 0. The van der Waals surface area contributed by atoms with E-state index in [2.05, 4.69) is 26.6 Å². The Labute approximate surface area is 144 Å². The van der Waals surface area contributed by atoms with Gasteiger partial charge in [0.05, 0.1) is 0 Å². The molecular formula is C17H18BrClN2O. The number of carbonyl (C=O) groups excluding carboxylic acids is 1. The van der Waals surface area contributed by atoms with Crippen LogP contribution in [0.2, 0.25) is 5.02 Å². The van der Waals surface area contributed by atoms with Crippen LogP contribution in [0.4, 0.5) is 4.79 Å². The highest BCUT2D eigenvalue weighted by atomic mass is 79.9. The van der Waals surface area contributed by atoms with Crippen LogP contribution < -0.4 is 10.6 Å². The van der Waals surface area contributed by atoms with Gasteiger partial charge in [-0.1, -0.05) is 51.8 Å². The molecule has 0 unspecified atom stereocenters. The smallest absolute Gasteiger partial charge is 0.314 e. The van der Waals surface area contributed by atoms with E-state index in [0.717, 1.165) is 27.9 Å². The Bertz CT molecular complexity index is 546. The van der Waals surface area contributed by atoms with Crippen LogP contribution in [0.3, 0.4) is 0 Å². The highest BCUT2D eigenvalue weighted by Gasteiger charge is 2.00. The summed E-state index contributed by atoms with van der Waals surface area (Å²) in [5.41, 5.74) is 2.35. The van der Waals surface area contributed by atoms with Crippen LogP contribution in [0, 0.1) is 0 Å². The molecule has 0 radical (unpaired) electrons. The molecule has 0 fully saturated rings. The summed E-state index contributed by atoms with van der Waals surface area (Å²) in [6.07, 6.45) is 1.61. The highest BCUT2D eigenvalue weighted by molar-refractivity contribution is 9.10. The summed E-state index contributed by atoms with van der Waals surface area (Å²) in [6.45, 7) is 1.22. The number of nitrogens with one attached hydrogen (secondary N) is 2. The van der Waals surface area contributed by atoms with Gasteiger partial charge < -0.3 is 10.6 Å². The van der Waals surface area contributed by atoms with Crippen molar-refractivity contribution >= 4 is 33.6 Å². The van der Waals surface area contributed by atoms with Crippen LogP contribution >= 0.6 is 27.5 Å². The van der Waals surface area contributed by atoms with Crippen LogP contribution in [0.25, 0.3) is 0 Å². The zero-order chi connectivity index (χ0) is 15.8. The number of benzene rings is 2. The lowest BCUT2D eigenvalue weighted by molar-refractivity contribution is 0.241. The van der Waals surface area contributed by atoms with E-state index in [1.165, 1.54) is 5.56 Å². The molecule has 0 bridgehead atoms. The molecule has 0 aromatic heterocycles. The molecule has 2 N–H and O–H groups in total. The number of hydrogen-bond donors (Lipinski definition) is 2. The van der Waals surface area contributed by atoms with Crippen LogP contribution in [0.5, 0.6) is 0 Å². The molecule has 0 heterocycles. The van der Waals surface area contributed by atoms with Crippen molar-refractivity contribution in [3.63, 3.8) is 0 Å². The summed E-state index contributed by atoms with van der Waals surface area (Å²) in [4.78, 5) is 11.7. The Hall–Kier alpha value is -1.52. The Kier molecular flexibility index (Phi) is 6.74. The lowest BCUT2D eigenvalue weighted by atomic mass is 10.1. The van der Waals surface area contributed by atoms with Gasteiger partial charge in [-0.05, 0) is 48.2 Å². The van der Waals surface area contributed by atoms with Crippen molar-refractivity contribution in [2.45, 2.75) is 12.8 Å². The van der Waals surface area contributed by atoms with Gasteiger partial charge in [0.15, 0.2) is 0 Å². The van der Waals surface area contributed by atoms with Gasteiger partial charge >= 0.3 is 6.03 Å². The summed E-state index contributed by atoms with van der Waals surface area (Å²) < 4.78 is 1.06. The fraction of sp³-hybridized carbons (Fsp3) is 0.235. The van der Waals surface area contributed by atoms with E-state index in [-0.39, 0.29) is 6.03 Å². The maximum absolute atomic E-state index is 11.7. The average molecular weight is 382 g/mol. The second-order valence-corrected chi connectivity index (χ2v) is 6.29. The number of urea groups is 1. The summed E-state index contributed by atoms with van der Waals surface area (Å²) in [5, 5.41) is 6.43. The van der Waals surface area contributed by atoms with Crippen LogP contribution in [-0.4, -0.2) is 19.1 Å². The van der Waals surface area contributed by atoms with Crippen molar-refractivity contribution < 1.29 is 4.79 Å². The molecule has 2 aromatic rings. The Morgan fingerprint density at radius 1 is 0.864 bits per heavy atom. The normalized spacial score (nSPS) is 10.3. The molecule has 0 aliphatic heterocycles. The zero-order valence-corrected chi connectivity index (χ0v) is 14.5. The van der Waals surface area contributed by atoms with E-state index in [0.29, 0.717) is 13.1 Å². The van der Waals surface area contributed by atoms with Gasteiger partial charge in [-0.2, -0.15) is 0 Å². The van der Waals surface area contributed by atoms with E-state index in [1.54, 1.807) is 0 Å². The average Bonchev–Trinajstić information content (AvgIpc) is 2.51. The second kappa shape index (κ2) is 8.81. The Morgan fingerprint density at radius 2 is 1.32 bits per heavy atom. The quantitative estimate of drug-likeness (QED) is 0.774. The number of carbonyl (C=O) groups is 1. The molecule has 2 rings (SSSR count). The first-order valence-electron chi connectivity index (χ1n) is 7.14. The number of hydrogen-bond acceptors (Lipinski definition) is 1. The van der Waals surface area contributed by atoms with Gasteiger partial charge in [0.2, 0.25) is 0 Å². The van der Waals surface area contributed by atoms with Crippen molar-refractivity contribution in [3.05, 3.63) is 69.2 Å². The maximum atomic E-state index is 11.7. The van der Waals surface area contributed by atoms with Crippen molar-refractivity contribution in [3.8, 4) is 0 Å². The molecule has 2 amide bonds. The van der Waals surface area contributed by atoms with Gasteiger partial charge in [-0.3, -0.25) is 0 Å². The minimum atomic E-state index is -0.133. The van der Waals surface area contributed by atoms with E-state index in [4.69, 9.17) is 11.6 Å². The monoisotopic (exact) mass is 380 g/mol. The topological polar surface area (TPSA) is 41.1 Å². The number of amides is 2. The molecule has 0 saturated carbocycles. The summed E-state index contributed by atoms with van der Waals surface area (Å²) in [6, 6.07) is 15.6. The molecule has 3 nitrogen and oxygen atoms in total. The molecule has 22 heavy (non-hydrogen) atoms. The van der Waals surface area contributed by atoms with Crippen LogP contribution in [-0.2, 0) is 12.8 Å². The zero-order valence-electron chi connectivity index (χ0n) is 12.1. The second-order valence-electron chi connectivity index (χ2n) is 4.94. The predicted octanol–water partition coefficient (Wildman–Crippen LogP) is 4.19. The maximum Gasteiger partial charge on any atom is 0.314 e. The summed E-state index contributed by atoms with van der Waals surface area (Å²) in [5.74, 6) is 0. The highest BCUT2D eigenvalue weighted by Crippen LogP contribution is 2.10. The minimum Gasteiger partial charge on any atom is -0.338 e. The van der Waals surface area contributed by atoms with Crippen LogP contribution in [0.15, 0.2) is 53.0 Å². The van der Waals surface area contributed by atoms with Crippen molar-refractivity contribution in [1.82, 2.24) is 10.6 Å². The van der Waals surface area contributed by atoms with Crippen LogP contribution in [0.1, 0.15) is 11.1 Å². The first kappa shape index (κ1) is 16.8. The molecule has 0 saturated heterocycles. The van der Waals surface area contributed by atoms with E-state index < -0.39 is 0 Å². The van der Waals surface area contributed by atoms with E-state index in [9.17, 15) is 4.79 Å². The van der Waals surface area contributed by atoms with Crippen molar-refractivity contribution in [1.29, 1.82) is 0 Å². The molecule has 0 aliphatic carbocycles. The molecule has 0 atom stereocenters. The van der Waals surface area contributed by atoms with Gasteiger partial charge in [-0.25, -0.2) is 4.79 Å². The van der Waals surface area contributed by atoms with Gasteiger partial charge in [0.25, 0.3) is 0 Å². The van der Waals surface area contributed by atoms with Gasteiger partial charge in [-0.15, -0.1) is 0 Å². The molecule has 116 valence electrons. The summed E-state index contributed by atoms with van der Waals surface area (Å²) >= 11 is 9.23. The van der Waals surface area contributed by atoms with E-state index >= 15 is 0 Å². The molecule has 0 aliphatic rings. The standard InChI is InChI=1S/C17H18BrClN2O/c18-15-5-1-13(2-6-15)9-11-20-17(22)21-12-10-14-3-7-16(19)8-4-14/h1-8H,9-12H2,(H2,20,21,22). The largest absolute Gasteiger partial charge is 0.338 e. The molecule has 0 spiro atoms. The van der Waals surface area contributed by atoms with Crippen molar-refractivity contribution in [2.24, 2.45) is 0 Å². The molecule has 5 heteroatoms. The fourth-order valence-corrected chi connectivity index (χ4v) is 2.40. The SMILES string of the molecule is O=C(NCCc1ccc(Cl)cc1)NCCc1ccc(Br)cc1. The Balaban J connectivity index is 1.61. The number of rotatable bonds is 6. The lowest BCUT2D eigenvalue weighted by Gasteiger charge is -2.08. The minimum absolute atomic E-state index is 0.133.